The Balaban J connectivity index is 2.29. The molecule has 0 radical (unpaired) electrons. The minimum atomic E-state index is 0.178. The summed E-state index contributed by atoms with van der Waals surface area (Å²) in [5.41, 5.74) is 0. The van der Waals surface area contributed by atoms with E-state index in [1.54, 1.807) is 6.20 Å². The van der Waals surface area contributed by atoms with Gasteiger partial charge >= 0.3 is 0 Å². The van der Waals surface area contributed by atoms with E-state index in [0.29, 0.717) is 13.0 Å². The van der Waals surface area contributed by atoms with E-state index < -0.39 is 0 Å². The Kier molecular flexibility index (Phi) is 9.51. The van der Waals surface area contributed by atoms with Crippen molar-refractivity contribution in [2.24, 2.45) is 4.99 Å². The number of aliphatic imine (C=N–C) groups is 1. The van der Waals surface area contributed by atoms with Crippen molar-refractivity contribution in [2.75, 3.05) is 32.7 Å². The third-order valence-electron chi connectivity index (χ3n) is 3.47. The third-order valence-corrected chi connectivity index (χ3v) is 3.47. The first kappa shape index (κ1) is 19.0. The molecule has 0 spiro atoms. The van der Waals surface area contributed by atoms with Gasteiger partial charge in [-0.1, -0.05) is 0 Å². The predicted octanol–water partition coefficient (Wildman–Crippen LogP) is 1.09. The lowest BCUT2D eigenvalue weighted by atomic mass is 10.3. The van der Waals surface area contributed by atoms with Crippen LogP contribution < -0.4 is 10.6 Å². The molecule has 7 heteroatoms. The highest BCUT2D eigenvalue weighted by molar-refractivity contribution is 5.81. The summed E-state index contributed by atoms with van der Waals surface area (Å²) in [6, 6.07) is 1.92. The molecule has 1 rings (SSSR count). The monoisotopic (exact) mass is 322 g/mol. The third kappa shape index (κ3) is 7.67. The topological polar surface area (TPSA) is 74.5 Å². The normalized spacial score (nSPS) is 11.3. The molecular formula is C16H30N6O. The van der Waals surface area contributed by atoms with Crippen molar-refractivity contribution >= 4 is 11.9 Å². The van der Waals surface area contributed by atoms with Crippen LogP contribution in [0.2, 0.25) is 0 Å². The van der Waals surface area contributed by atoms with Gasteiger partial charge in [0.15, 0.2) is 5.96 Å². The van der Waals surface area contributed by atoms with Crippen LogP contribution in [0.4, 0.5) is 0 Å². The van der Waals surface area contributed by atoms with Gasteiger partial charge in [-0.25, -0.2) is 0 Å². The van der Waals surface area contributed by atoms with Crippen LogP contribution in [0.5, 0.6) is 0 Å². The van der Waals surface area contributed by atoms with Crippen LogP contribution in [-0.4, -0.2) is 59.3 Å². The molecule has 1 aromatic heterocycles. The second-order valence-electron chi connectivity index (χ2n) is 5.13. The Morgan fingerprint density at radius 3 is 2.65 bits per heavy atom. The highest BCUT2D eigenvalue weighted by atomic mass is 16.2. The van der Waals surface area contributed by atoms with Crippen LogP contribution in [0.25, 0.3) is 0 Å². The van der Waals surface area contributed by atoms with E-state index in [-0.39, 0.29) is 5.91 Å². The van der Waals surface area contributed by atoms with Crippen LogP contribution in [0.15, 0.2) is 23.5 Å². The van der Waals surface area contributed by atoms with E-state index in [1.807, 2.05) is 42.6 Å². The summed E-state index contributed by atoms with van der Waals surface area (Å²) in [6.45, 7) is 10.5. The number of nitrogens with one attached hydrogen (secondary N) is 2. The number of guanidine groups is 1. The quantitative estimate of drug-likeness (QED) is 0.384. The van der Waals surface area contributed by atoms with Crippen LogP contribution in [0, 0.1) is 0 Å². The average molecular weight is 322 g/mol. The van der Waals surface area contributed by atoms with Gasteiger partial charge in [-0.3, -0.25) is 14.5 Å². The van der Waals surface area contributed by atoms with Crippen LogP contribution in [0.3, 0.4) is 0 Å². The molecule has 0 aliphatic heterocycles. The van der Waals surface area contributed by atoms with E-state index >= 15 is 0 Å². The Morgan fingerprint density at radius 1 is 1.26 bits per heavy atom. The molecule has 7 nitrogen and oxygen atoms in total. The molecule has 1 aromatic rings. The molecule has 1 heterocycles. The number of carbonyl (C=O) groups is 1. The van der Waals surface area contributed by atoms with Gasteiger partial charge in [0.05, 0.1) is 0 Å². The van der Waals surface area contributed by atoms with Gasteiger partial charge in [0.1, 0.15) is 0 Å². The van der Waals surface area contributed by atoms with E-state index in [1.165, 1.54) is 0 Å². The van der Waals surface area contributed by atoms with Gasteiger partial charge in [0.2, 0.25) is 5.91 Å². The lowest BCUT2D eigenvalue weighted by molar-refractivity contribution is -0.130. The van der Waals surface area contributed by atoms with Crippen molar-refractivity contribution in [3.8, 4) is 0 Å². The zero-order chi connectivity index (χ0) is 16.9. The number of rotatable bonds is 10. The second kappa shape index (κ2) is 11.5. The molecule has 0 atom stereocenters. The summed E-state index contributed by atoms with van der Waals surface area (Å²) in [5, 5.41) is 10.6. The van der Waals surface area contributed by atoms with Crippen LogP contribution in [0.1, 0.15) is 33.6 Å². The molecule has 0 aliphatic carbocycles. The van der Waals surface area contributed by atoms with E-state index in [2.05, 4.69) is 20.7 Å². The molecule has 0 aromatic carbocycles. The number of hydrogen-bond donors (Lipinski definition) is 2. The fourth-order valence-corrected chi connectivity index (χ4v) is 2.22. The molecule has 0 aliphatic rings. The van der Waals surface area contributed by atoms with E-state index in [9.17, 15) is 4.79 Å². The van der Waals surface area contributed by atoms with Crippen molar-refractivity contribution in [3.05, 3.63) is 18.5 Å². The summed E-state index contributed by atoms with van der Waals surface area (Å²) in [7, 11) is 0. The molecule has 0 bridgehead atoms. The van der Waals surface area contributed by atoms with Crippen molar-refractivity contribution in [1.82, 2.24) is 25.3 Å². The van der Waals surface area contributed by atoms with Crippen molar-refractivity contribution in [2.45, 2.75) is 40.2 Å². The Hall–Kier alpha value is -2.05. The fraction of sp³-hybridized carbons (Fsp3) is 0.688. The van der Waals surface area contributed by atoms with Gasteiger partial charge in [0, 0.05) is 58.1 Å². The number of aromatic nitrogens is 2. The highest BCUT2D eigenvalue weighted by Crippen LogP contribution is 1.93. The average Bonchev–Trinajstić information content (AvgIpc) is 3.06. The first-order valence-corrected chi connectivity index (χ1v) is 8.48. The lowest BCUT2D eigenvalue weighted by Gasteiger charge is -2.19. The second-order valence-corrected chi connectivity index (χ2v) is 5.13. The summed E-state index contributed by atoms with van der Waals surface area (Å²) in [6.07, 6.45) is 5.14. The molecule has 23 heavy (non-hydrogen) atoms. The fourth-order valence-electron chi connectivity index (χ4n) is 2.22. The van der Waals surface area contributed by atoms with Crippen molar-refractivity contribution in [3.63, 3.8) is 0 Å². The van der Waals surface area contributed by atoms with Gasteiger partial charge < -0.3 is 15.5 Å². The minimum absolute atomic E-state index is 0.178. The minimum Gasteiger partial charge on any atom is -0.357 e. The zero-order valence-electron chi connectivity index (χ0n) is 14.6. The molecule has 130 valence electrons. The first-order chi connectivity index (χ1) is 11.2. The molecule has 1 amide bonds. The summed E-state index contributed by atoms with van der Waals surface area (Å²) in [5.74, 6) is 0.942. The SMILES string of the molecule is CCNC(=NCCCn1cccn1)NCCC(=O)N(CC)CC. The smallest absolute Gasteiger partial charge is 0.224 e. The van der Waals surface area contributed by atoms with Crippen LogP contribution >= 0.6 is 0 Å². The standard InChI is InChI=1S/C16H30N6O/c1-4-17-16(18-10-7-13-22-14-8-11-20-22)19-12-9-15(23)21(5-2)6-3/h8,11,14H,4-7,9-10,12-13H2,1-3H3,(H2,17,18,19). The number of aryl methyl sites for hydroxylation is 1. The maximum atomic E-state index is 12.0. The largest absolute Gasteiger partial charge is 0.357 e. The summed E-state index contributed by atoms with van der Waals surface area (Å²) >= 11 is 0. The lowest BCUT2D eigenvalue weighted by Crippen LogP contribution is -2.40. The first-order valence-electron chi connectivity index (χ1n) is 8.48. The van der Waals surface area contributed by atoms with Crippen molar-refractivity contribution in [1.29, 1.82) is 0 Å². The maximum Gasteiger partial charge on any atom is 0.224 e. The van der Waals surface area contributed by atoms with Gasteiger partial charge in [0.25, 0.3) is 0 Å². The van der Waals surface area contributed by atoms with Gasteiger partial charge in [-0.2, -0.15) is 5.10 Å². The molecule has 0 saturated carbocycles. The molecular weight excluding hydrogens is 292 g/mol. The predicted molar refractivity (Wildman–Crippen MR) is 93.4 cm³/mol. The Bertz CT molecular complexity index is 453. The van der Waals surface area contributed by atoms with Gasteiger partial charge in [-0.05, 0) is 33.3 Å². The number of carbonyl (C=O) groups excluding carboxylic acids is 1. The molecule has 0 unspecified atom stereocenters. The number of hydrogen-bond acceptors (Lipinski definition) is 3. The number of nitrogens with zero attached hydrogens (tertiary/aromatic N) is 4. The zero-order valence-corrected chi connectivity index (χ0v) is 14.6. The van der Waals surface area contributed by atoms with E-state index in [4.69, 9.17) is 0 Å². The molecule has 0 saturated heterocycles. The summed E-state index contributed by atoms with van der Waals surface area (Å²) < 4.78 is 1.90. The maximum absolute atomic E-state index is 12.0. The van der Waals surface area contributed by atoms with Gasteiger partial charge in [-0.15, -0.1) is 0 Å². The van der Waals surface area contributed by atoms with Crippen LogP contribution in [-0.2, 0) is 11.3 Å². The highest BCUT2D eigenvalue weighted by Gasteiger charge is 2.08. The molecule has 2 N–H and O–H groups in total. The Labute approximate surface area is 139 Å². The van der Waals surface area contributed by atoms with Crippen molar-refractivity contribution < 1.29 is 4.79 Å². The Morgan fingerprint density at radius 2 is 2.04 bits per heavy atom. The summed E-state index contributed by atoms with van der Waals surface area (Å²) in [4.78, 5) is 18.3. The van der Waals surface area contributed by atoms with E-state index in [0.717, 1.165) is 45.1 Å². The molecule has 0 fully saturated rings. The number of amides is 1.